The van der Waals surface area contributed by atoms with Gasteiger partial charge in [0, 0.05) is 43.9 Å². The molecular weight excluding hydrogens is 418 g/mol. The van der Waals surface area contributed by atoms with E-state index in [2.05, 4.69) is 5.10 Å². The van der Waals surface area contributed by atoms with Crippen LogP contribution in [-0.4, -0.2) is 46.8 Å². The van der Waals surface area contributed by atoms with Crippen molar-refractivity contribution >= 4 is 22.9 Å². The molecule has 0 fully saturated rings. The van der Waals surface area contributed by atoms with E-state index >= 15 is 0 Å². The first kappa shape index (κ1) is 21.0. The molecule has 0 aliphatic carbocycles. The van der Waals surface area contributed by atoms with Gasteiger partial charge in [0.2, 0.25) is 0 Å². The molecule has 0 atom stereocenters. The fourth-order valence-corrected chi connectivity index (χ4v) is 4.65. The molecule has 9 heteroatoms. The molecule has 1 aliphatic rings. The van der Waals surface area contributed by atoms with Crippen LogP contribution in [0.3, 0.4) is 0 Å². The number of phenolic OH excluding ortho intramolecular Hbond substituents is 1. The first-order chi connectivity index (χ1) is 15.7. The second-order valence-corrected chi connectivity index (χ2v) is 8.79. The second kappa shape index (κ2) is 7.33. The molecule has 5 rings (SSSR count). The van der Waals surface area contributed by atoms with Gasteiger partial charge in [0.1, 0.15) is 22.6 Å². The van der Waals surface area contributed by atoms with Gasteiger partial charge in [-0.1, -0.05) is 6.07 Å². The average molecular weight is 446 g/mol. The maximum absolute atomic E-state index is 13.8. The Balaban J connectivity index is 1.73. The molecular formula is C24H27N7O2. The van der Waals surface area contributed by atoms with E-state index in [1.165, 1.54) is 0 Å². The maximum atomic E-state index is 13.8. The first-order valence-electron chi connectivity index (χ1n) is 10.9. The van der Waals surface area contributed by atoms with E-state index in [0.29, 0.717) is 47.5 Å². The number of nitrogens with zero attached hydrogens (tertiary/aromatic N) is 6. The number of aromatic hydroxyl groups is 1. The van der Waals surface area contributed by atoms with Crippen molar-refractivity contribution in [1.82, 2.24) is 29.2 Å². The number of nitrogen functional groups attached to an aromatic ring is 1. The minimum Gasteiger partial charge on any atom is -0.508 e. The first-order valence-corrected chi connectivity index (χ1v) is 10.9. The van der Waals surface area contributed by atoms with Crippen LogP contribution in [0, 0.1) is 27.7 Å². The summed E-state index contributed by atoms with van der Waals surface area (Å²) in [7, 11) is 1.89. The number of hydrogen-bond donors (Lipinski definition) is 2. The standard InChI is InChI=1S/C24H27N7O2/c1-12-6-7-18(32)13(2)21(12)31-22(25)19(20-23(31)27-15(4)14(3)26-20)24(33)30-9-8-17-16(11-30)10-29(5)28-17/h6-7,10,32H,8-9,11,25H2,1-5H3. The van der Waals surface area contributed by atoms with Crippen LogP contribution in [0.5, 0.6) is 5.75 Å². The monoisotopic (exact) mass is 445 g/mol. The fourth-order valence-electron chi connectivity index (χ4n) is 4.65. The van der Waals surface area contributed by atoms with Crippen LogP contribution in [0.25, 0.3) is 16.9 Å². The summed E-state index contributed by atoms with van der Waals surface area (Å²) < 4.78 is 3.54. The molecule has 0 saturated carbocycles. The van der Waals surface area contributed by atoms with Gasteiger partial charge in [0.05, 0.1) is 22.8 Å². The lowest BCUT2D eigenvalue weighted by Crippen LogP contribution is -2.36. The number of aromatic nitrogens is 5. The maximum Gasteiger partial charge on any atom is 0.260 e. The topological polar surface area (TPSA) is 115 Å². The van der Waals surface area contributed by atoms with Gasteiger partial charge in [-0.15, -0.1) is 0 Å². The Bertz CT molecular complexity index is 1450. The number of aryl methyl sites for hydroxylation is 4. The van der Waals surface area contributed by atoms with Gasteiger partial charge in [-0.3, -0.25) is 14.0 Å². The Morgan fingerprint density at radius 2 is 1.85 bits per heavy atom. The third-order valence-electron chi connectivity index (χ3n) is 6.53. The summed E-state index contributed by atoms with van der Waals surface area (Å²) in [5, 5.41) is 14.9. The molecule has 4 aromatic rings. The summed E-state index contributed by atoms with van der Waals surface area (Å²) in [4.78, 5) is 25.1. The van der Waals surface area contributed by atoms with Crippen molar-refractivity contribution in [2.45, 2.75) is 40.7 Å². The van der Waals surface area contributed by atoms with Gasteiger partial charge in [-0.25, -0.2) is 9.97 Å². The molecule has 3 aromatic heterocycles. The molecule has 1 aromatic carbocycles. The van der Waals surface area contributed by atoms with Crippen molar-refractivity contribution in [3.05, 3.63) is 57.7 Å². The van der Waals surface area contributed by atoms with Gasteiger partial charge in [0.15, 0.2) is 5.65 Å². The van der Waals surface area contributed by atoms with Crippen LogP contribution in [0.4, 0.5) is 5.82 Å². The van der Waals surface area contributed by atoms with Crippen LogP contribution in [0.2, 0.25) is 0 Å². The quantitative estimate of drug-likeness (QED) is 0.490. The predicted octanol–water partition coefficient (Wildman–Crippen LogP) is 2.87. The van der Waals surface area contributed by atoms with Gasteiger partial charge in [-0.2, -0.15) is 5.10 Å². The molecule has 9 nitrogen and oxygen atoms in total. The number of carbonyl (C=O) groups excluding carboxylic acids is 1. The zero-order valence-corrected chi connectivity index (χ0v) is 19.5. The molecule has 3 N–H and O–H groups in total. The number of rotatable bonds is 2. The Kier molecular flexibility index (Phi) is 4.66. The Labute approximate surface area is 191 Å². The minimum atomic E-state index is -0.182. The molecule has 0 spiro atoms. The van der Waals surface area contributed by atoms with Gasteiger partial charge >= 0.3 is 0 Å². The summed E-state index contributed by atoms with van der Waals surface area (Å²) in [6, 6.07) is 3.48. The van der Waals surface area contributed by atoms with E-state index < -0.39 is 0 Å². The van der Waals surface area contributed by atoms with E-state index in [0.717, 1.165) is 28.2 Å². The number of fused-ring (bicyclic) bond motifs is 2. The third-order valence-corrected chi connectivity index (χ3v) is 6.53. The Hall–Kier alpha value is -3.88. The number of phenols is 1. The van der Waals surface area contributed by atoms with E-state index in [4.69, 9.17) is 15.7 Å². The highest BCUT2D eigenvalue weighted by Gasteiger charge is 2.31. The fraction of sp³-hybridized carbons (Fsp3) is 0.333. The van der Waals surface area contributed by atoms with Gasteiger partial charge in [-0.05, 0) is 39.3 Å². The van der Waals surface area contributed by atoms with Crippen LogP contribution in [-0.2, 0) is 20.0 Å². The lowest BCUT2D eigenvalue weighted by atomic mass is 10.1. The number of carbonyl (C=O) groups is 1. The van der Waals surface area contributed by atoms with Crippen molar-refractivity contribution in [2.75, 3.05) is 12.3 Å². The third kappa shape index (κ3) is 3.14. The number of amides is 1. The van der Waals surface area contributed by atoms with Crippen molar-refractivity contribution in [3.63, 3.8) is 0 Å². The van der Waals surface area contributed by atoms with E-state index in [1.54, 1.807) is 20.2 Å². The number of benzene rings is 1. The second-order valence-electron chi connectivity index (χ2n) is 8.79. The summed E-state index contributed by atoms with van der Waals surface area (Å²) in [6.45, 7) is 8.55. The van der Waals surface area contributed by atoms with E-state index in [1.807, 2.05) is 47.0 Å². The van der Waals surface area contributed by atoms with Crippen LogP contribution >= 0.6 is 0 Å². The molecule has 0 saturated heterocycles. The molecule has 0 radical (unpaired) electrons. The SMILES string of the molecule is Cc1ccc(O)c(C)c1-n1c(N)c(C(=O)N2CCc3nn(C)cc3C2)c2nc(C)c(C)nc21. The zero-order valence-electron chi connectivity index (χ0n) is 19.5. The smallest absolute Gasteiger partial charge is 0.260 e. The Morgan fingerprint density at radius 1 is 1.12 bits per heavy atom. The summed E-state index contributed by atoms with van der Waals surface area (Å²) in [5.41, 5.74) is 13.8. The molecule has 4 heterocycles. The number of anilines is 1. The van der Waals surface area contributed by atoms with Crippen molar-refractivity contribution in [3.8, 4) is 11.4 Å². The molecule has 1 amide bonds. The minimum absolute atomic E-state index is 0.154. The lowest BCUT2D eigenvalue weighted by Gasteiger charge is -2.26. The van der Waals surface area contributed by atoms with Gasteiger partial charge in [0.25, 0.3) is 5.91 Å². The highest BCUT2D eigenvalue weighted by molar-refractivity contribution is 6.10. The lowest BCUT2D eigenvalue weighted by molar-refractivity contribution is 0.0737. The van der Waals surface area contributed by atoms with Crippen LogP contribution in [0.1, 0.15) is 44.1 Å². The normalized spacial score (nSPS) is 13.5. The Morgan fingerprint density at radius 3 is 2.61 bits per heavy atom. The number of nitrogens with two attached hydrogens (primary N) is 1. The van der Waals surface area contributed by atoms with Crippen LogP contribution < -0.4 is 5.73 Å². The highest BCUT2D eigenvalue weighted by atomic mass is 16.3. The van der Waals surface area contributed by atoms with Crippen molar-refractivity contribution in [2.24, 2.45) is 7.05 Å². The van der Waals surface area contributed by atoms with E-state index in [-0.39, 0.29) is 17.5 Å². The van der Waals surface area contributed by atoms with Crippen molar-refractivity contribution in [1.29, 1.82) is 0 Å². The van der Waals surface area contributed by atoms with Gasteiger partial charge < -0.3 is 15.7 Å². The van der Waals surface area contributed by atoms with E-state index in [9.17, 15) is 9.90 Å². The summed E-state index contributed by atoms with van der Waals surface area (Å²) in [5.74, 6) is 0.245. The average Bonchev–Trinajstić information content (AvgIpc) is 3.27. The zero-order chi connectivity index (χ0) is 23.6. The molecule has 1 aliphatic heterocycles. The molecule has 0 bridgehead atoms. The molecule has 0 unspecified atom stereocenters. The largest absolute Gasteiger partial charge is 0.508 e. The van der Waals surface area contributed by atoms with Crippen molar-refractivity contribution < 1.29 is 9.90 Å². The summed E-state index contributed by atoms with van der Waals surface area (Å²) in [6.07, 6.45) is 2.64. The molecule has 170 valence electrons. The molecule has 33 heavy (non-hydrogen) atoms. The summed E-state index contributed by atoms with van der Waals surface area (Å²) >= 11 is 0. The highest BCUT2D eigenvalue weighted by Crippen LogP contribution is 2.36. The number of hydrogen-bond acceptors (Lipinski definition) is 6. The van der Waals surface area contributed by atoms with Crippen LogP contribution in [0.15, 0.2) is 18.3 Å². The predicted molar refractivity (Wildman–Crippen MR) is 126 cm³/mol.